The van der Waals surface area contributed by atoms with Gasteiger partial charge in [0.25, 0.3) is 0 Å². The van der Waals surface area contributed by atoms with Crippen molar-refractivity contribution in [1.82, 2.24) is 0 Å². The van der Waals surface area contributed by atoms with Gasteiger partial charge in [0.15, 0.2) is 5.78 Å². The summed E-state index contributed by atoms with van der Waals surface area (Å²) < 4.78 is 23.9. The van der Waals surface area contributed by atoms with E-state index in [-0.39, 0.29) is 24.0 Å². The molecular formula is C20H15FO4. The summed E-state index contributed by atoms with van der Waals surface area (Å²) in [5.74, 6) is 1.23. The molecule has 3 rings (SSSR count). The topological polar surface area (TPSA) is 59.7 Å². The minimum Gasteiger partial charge on any atom is -0.508 e. The molecule has 5 heteroatoms. The van der Waals surface area contributed by atoms with Crippen LogP contribution < -0.4 is 4.74 Å². The van der Waals surface area contributed by atoms with Gasteiger partial charge in [-0.15, -0.1) is 0 Å². The molecule has 0 bridgehead atoms. The Labute approximate surface area is 143 Å². The first-order chi connectivity index (χ1) is 12.1. The molecular weight excluding hydrogens is 323 g/mol. The number of rotatable bonds is 6. The second-order valence-electron chi connectivity index (χ2n) is 5.29. The quantitative estimate of drug-likeness (QED) is 0.527. The van der Waals surface area contributed by atoms with Crippen molar-refractivity contribution in [1.29, 1.82) is 0 Å². The van der Waals surface area contributed by atoms with Gasteiger partial charge in [0.1, 0.15) is 35.4 Å². The zero-order valence-electron chi connectivity index (χ0n) is 13.2. The Hall–Kier alpha value is -3.34. The normalized spacial score (nSPS) is 10.9. The van der Waals surface area contributed by atoms with Gasteiger partial charge in [-0.25, -0.2) is 4.39 Å². The third kappa shape index (κ3) is 4.57. The molecule has 2 aromatic carbocycles. The van der Waals surface area contributed by atoms with Gasteiger partial charge in [-0.1, -0.05) is 0 Å². The number of furan rings is 1. The zero-order valence-corrected chi connectivity index (χ0v) is 13.2. The first kappa shape index (κ1) is 16.5. The molecule has 3 aromatic rings. The lowest BCUT2D eigenvalue weighted by atomic mass is 10.1. The maximum Gasteiger partial charge on any atom is 0.185 e. The van der Waals surface area contributed by atoms with Crippen molar-refractivity contribution in [3.05, 3.63) is 89.6 Å². The number of ketones is 1. The van der Waals surface area contributed by atoms with E-state index in [9.17, 15) is 14.3 Å². The SMILES string of the molecule is O=C(/C=C/c1ccc(COc2ccc(F)cc2)o1)c1ccc(O)cc1. The largest absolute Gasteiger partial charge is 0.508 e. The Kier molecular flexibility index (Phi) is 4.95. The highest BCUT2D eigenvalue weighted by Gasteiger charge is 2.04. The molecule has 0 fully saturated rings. The van der Waals surface area contributed by atoms with E-state index in [4.69, 9.17) is 9.15 Å². The van der Waals surface area contributed by atoms with Crippen LogP contribution in [0.2, 0.25) is 0 Å². The van der Waals surface area contributed by atoms with E-state index in [0.717, 1.165) is 0 Å². The van der Waals surface area contributed by atoms with Crippen molar-refractivity contribution in [3.63, 3.8) is 0 Å². The number of benzene rings is 2. The summed E-state index contributed by atoms with van der Waals surface area (Å²) >= 11 is 0. The van der Waals surface area contributed by atoms with E-state index in [1.54, 1.807) is 30.3 Å². The molecule has 4 nitrogen and oxygen atoms in total. The number of allylic oxidation sites excluding steroid dienone is 1. The van der Waals surface area contributed by atoms with Gasteiger partial charge in [0.05, 0.1) is 0 Å². The Morgan fingerprint density at radius 2 is 1.76 bits per heavy atom. The van der Waals surface area contributed by atoms with Crippen LogP contribution in [0.3, 0.4) is 0 Å². The minimum atomic E-state index is -0.323. The van der Waals surface area contributed by atoms with Crippen LogP contribution in [0.25, 0.3) is 6.08 Å². The van der Waals surface area contributed by atoms with E-state index in [1.807, 2.05) is 0 Å². The molecule has 1 aromatic heterocycles. The van der Waals surface area contributed by atoms with E-state index >= 15 is 0 Å². The van der Waals surface area contributed by atoms with Crippen LogP contribution in [0.5, 0.6) is 11.5 Å². The van der Waals surface area contributed by atoms with E-state index in [0.29, 0.717) is 22.8 Å². The predicted molar refractivity (Wildman–Crippen MR) is 90.9 cm³/mol. The fraction of sp³-hybridized carbons (Fsp3) is 0.0500. The third-order valence-corrected chi connectivity index (χ3v) is 3.43. The Bertz CT molecular complexity index is 877. The molecule has 0 aliphatic rings. The van der Waals surface area contributed by atoms with Crippen LogP contribution in [0.4, 0.5) is 4.39 Å². The number of phenolic OH excluding ortho intramolecular Hbond substituents is 1. The number of carbonyl (C=O) groups is 1. The Morgan fingerprint density at radius 3 is 2.48 bits per heavy atom. The molecule has 0 aliphatic carbocycles. The molecule has 0 radical (unpaired) electrons. The molecule has 1 heterocycles. The van der Waals surface area contributed by atoms with E-state index in [2.05, 4.69) is 0 Å². The van der Waals surface area contributed by atoms with Gasteiger partial charge in [-0.3, -0.25) is 4.79 Å². The fourth-order valence-electron chi connectivity index (χ4n) is 2.13. The van der Waals surface area contributed by atoms with Crippen molar-refractivity contribution in [2.75, 3.05) is 0 Å². The van der Waals surface area contributed by atoms with Crippen LogP contribution >= 0.6 is 0 Å². The fourth-order valence-corrected chi connectivity index (χ4v) is 2.13. The summed E-state index contributed by atoms with van der Waals surface area (Å²) in [7, 11) is 0. The summed E-state index contributed by atoms with van der Waals surface area (Å²) in [6.07, 6.45) is 2.96. The lowest BCUT2D eigenvalue weighted by Gasteiger charge is -2.03. The van der Waals surface area contributed by atoms with Crippen LogP contribution in [-0.4, -0.2) is 10.9 Å². The summed E-state index contributed by atoms with van der Waals surface area (Å²) in [5.41, 5.74) is 0.473. The van der Waals surface area contributed by atoms with Gasteiger partial charge in [-0.05, 0) is 72.8 Å². The maximum atomic E-state index is 12.8. The zero-order chi connectivity index (χ0) is 17.6. The van der Waals surface area contributed by atoms with Crippen LogP contribution in [-0.2, 0) is 6.61 Å². The summed E-state index contributed by atoms with van der Waals surface area (Å²) in [5, 5.41) is 9.22. The lowest BCUT2D eigenvalue weighted by molar-refractivity contribution is 0.104. The molecule has 0 unspecified atom stereocenters. The monoisotopic (exact) mass is 338 g/mol. The number of phenols is 1. The average Bonchev–Trinajstić information content (AvgIpc) is 3.08. The number of ether oxygens (including phenoxy) is 1. The highest BCUT2D eigenvalue weighted by Crippen LogP contribution is 2.16. The second-order valence-corrected chi connectivity index (χ2v) is 5.29. The smallest absolute Gasteiger partial charge is 0.185 e. The minimum absolute atomic E-state index is 0.109. The molecule has 0 saturated carbocycles. The predicted octanol–water partition coefficient (Wildman–Crippen LogP) is 4.60. The van der Waals surface area contributed by atoms with E-state index in [1.165, 1.54) is 42.5 Å². The highest BCUT2D eigenvalue weighted by atomic mass is 19.1. The van der Waals surface area contributed by atoms with Crippen LogP contribution in [0.15, 0.2) is 71.2 Å². The standard InChI is InChI=1S/C20H15FO4/c21-15-3-7-17(8-4-15)24-13-19-10-9-18(25-19)11-12-20(23)14-1-5-16(22)6-2-14/h1-12,22H,13H2/b12-11+. The molecule has 0 amide bonds. The number of hydrogen-bond acceptors (Lipinski definition) is 4. The number of aromatic hydroxyl groups is 1. The van der Waals surface area contributed by atoms with Crippen molar-refractivity contribution in [2.24, 2.45) is 0 Å². The summed E-state index contributed by atoms with van der Waals surface area (Å²) in [6.45, 7) is 0.200. The van der Waals surface area contributed by atoms with Gasteiger partial charge in [-0.2, -0.15) is 0 Å². The number of carbonyl (C=O) groups excluding carboxylic acids is 1. The summed E-state index contributed by atoms with van der Waals surface area (Å²) in [4.78, 5) is 12.0. The van der Waals surface area contributed by atoms with Crippen molar-refractivity contribution < 1.29 is 23.4 Å². The molecule has 0 atom stereocenters. The molecule has 1 N–H and O–H groups in total. The van der Waals surface area contributed by atoms with Crippen LogP contribution in [0.1, 0.15) is 21.9 Å². The van der Waals surface area contributed by atoms with Crippen LogP contribution in [0, 0.1) is 5.82 Å². The summed E-state index contributed by atoms with van der Waals surface area (Å²) in [6, 6.07) is 15.2. The van der Waals surface area contributed by atoms with Gasteiger partial charge in [0, 0.05) is 5.56 Å². The Morgan fingerprint density at radius 1 is 1.04 bits per heavy atom. The molecule has 0 aliphatic heterocycles. The maximum absolute atomic E-state index is 12.8. The average molecular weight is 338 g/mol. The first-order valence-corrected chi connectivity index (χ1v) is 7.59. The van der Waals surface area contributed by atoms with Crippen molar-refractivity contribution in [2.45, 2.75) is 6.61 Å². The first-order valence-electron chi connectivity index (χ1n) is 7.59. The van der Waals surface area contributed by atoms with Gasteiger partial charge < -0.3 is 14.3 Å². The third-order valence-electron chi connectivity index (χ3n) is 3.43. The highest BCUT2D eigenvalue weighted by molar-refractivity contribution is 6.06. The molecule has 0 saturated heterocycles. The molecule has 25 heavy (non-hydrogen) atoms. The lowest BCUT2D eigenvalue weighted by Crippen LogP contribution is -1.93. The van der Waals surface area contributed by atoms with Gasteiger partial charge in [0.2, 0.25) is 0 Å². The number of hydrogen-bond donors (Lipinski definition) is 1. The Balaban J connectivity index is 1.58. The number of halogens is 1. The second kappa shape index (κ2) is 7.49. The van der Waals surface area contributed by atoms with Gasteiger partial charge >= 0.3 is 0 Å². The molecule has 0 spiro atoms. The van der Waals surface area contributed by atoms with E-state index < -0.39 is 0 Å². The molecule has 126 valence electrons. The van der Waals surface area contributed by atoms with Crippen molar-refractivity contribution >= 4 is 11.9 Å². The van der Waals surface area contributed by atoms with Crippen molar-refractivity contribution in [3.8, 4) is 11.5 Å².